The lowest BCUT2D eigenvalue weighted by Gasteiger charge is -2.09. The van der Waals surface area contributed by atoms with Gasteiger partial charge in [0.05, 0.1) is 23.9 Å². The molecule has 0 saturated carbocycles. The van der Waals surface area contributed by atoms with Gasteiger partial charge in [0.1, 0.15) is 11.6 Å². The SMILES string of the molecule is CCCCNC(=O)Cc1c(C)n(C(=O)c2cccc(F)c2)c2ccc(O)c(F)c12.Cc1c(CC(=O)NC(C)C)c2c(F)c(O)ccc2n1C(=O)c1cccc(F)c1. The average molecular weight is 787 g/mol. The maximum absolute atomic E-state index is 14.8. The molecule has 0 radical (unpaired) electrons. The summed E-state index contributed by atoms with van der Waals surface area (Å²) in [6, 6.07) is 15.4. The highest BCUT2D eigenvalue weighted by Gasteiger charge is 2.27. The van der Waals surface area contributed by atoms with Crippen LogP contribution in [0.5, 0.6) is 11.5 Å². The van der Waals surface area contributed by atoms with Crippen molar-refractivity contribution in [3.05, 3.63) is 130 Å². The lowest BCUT2D eigenvalue weighted by molar-refractivity contribution is -0.121. The Morgan fingerprint density at radius 1 is 0.667 bits per heavy atom. The van der Waals surface area contributed by atoms with Crippen molar-refractivity contribution in [2.75, 3.05) is 6.54 Å². The molecule has 0 aliphatic carbocycles. The largest absolute Gasteiger partial charge is 0.505 e. The molecule has 0 unspecified atom stereocenters. The maximum atomic E-state index is 14.8. The first-order chi connectivity index (χ1) is 27.0. The zero-order valence-electron chi connectivity index (χ0n) is 32.0. The van der Waals surface area contributed by atoms with E-state index in [4.69, 9.17) is 0 Å². The number of amides is 2. The van der Waals surface area contributed by atoms with E-state index >= 15 is 0 Å². The van der Waals surface area contributed by atoms with E-state index in [1.807, 2.05) is 6.92 Å². The van der Waals surface area contributed by atoms with Crippen molar-refractivity contribution in [3.63, 3.8) is 0 Å². The first kappa shape index (κ1) is 41.7. The minimum absolute atomic E-state index is 0.00107. The summed E-state index contributed by atoms with van der Waals surface area (Å²) in [5, 5.41) is 25.1. The summed E-state index contributed by atoms with van der Waals surface area (Å²) in [5.74, 6) is -5.82. The second-order valence-corrected chi connectivity index (χ2v) is 13.8. The average Bonchev–Trinajstić information content (AvgIpc) is 3.60. The molecule has 4 aromatic carbocycles. The quantitative estimate of drug-likeness (QED) is 0.0826. The summed E-state index contributed by atoms with van der Waals surface area (Å²) >= 11 is 0. The van der Waals surface area contributed by atoms with E-state index in [0.29, 0.717) is 29.1 Å². The van der Waals surface area contributed by atoms with E-state index in [2.05, 4.69) is 10.6 Å². The van der Waals surface area contributed by atoms with Gasteiger partial charge in [-0.15, -0.1) is 0 Å². The molecule has 0 aliphatic rings. The number of hydrogen-bond acceptors (Lipinski definition) is 6. The van der Waals surface area contributed by atoms with Crippen molar-refractivity contribution < 1.29 is 47.0 Å². The third kappa shape index (κ3) is 8.85. The molecule has 14 heteroatoms. The summed E-state index contributed by atoms with van der Waals surface area (Å²) < 4.78 is 59.2. The molecule has 0 saturated heterocycles. The second-order valence-electron chi connectivity index (χ2n) is 13.8. The molecule has 6 aromatic rings. The van der Waals surface area contributed by atoms with Gasteiger partial charge in [-0.3, -0.25) is 28.3 Å². The Kier molecular flexibility index (Phi) is 12.9. The zero-order chi connectivity index (χ0) is 41.7. The smallest absolute Gasteiger partial charge is 0.262 e. The van der Waals surface area contributed by atoms with Crippen LogP contribution in [0.4, 0.5) is 17.6 Å². The van der Waals surface area contributed by atoms with E-state index in [1.165, 1.54) is 57.7 Å². The molecule has 10 nitrogen and oxygen atoms in total. The Bertz CT molecular complexity index is 2520. The van der Waals surface area contributed by atoms with Gasteiger partial charge in [0.25, 0.3) is 11.8 Å². The lowest BCUT2D eigenvalue weighted by atomic mass is 10.1. The van der Waals surface area contributed by atoms with E-state index in [9.17, 15) is 47.0 Å². The van der Waals surface area contributed by atoms with Gasteiger partial charge in [-0.2, -0.15) is 0 Å². The fourth-order valence-corrected chi connectivity index (χ4v) is 6.67. The van der Waals surface area contributed by atoms with Crippen LogP contribution in [0.2, 0.25) is 0 Å². The van der Waals surface area contributed by atoms with Crippen molar-refractivity contribution >= 4 is 45.4 Å². The van der Waals surface area contributed by atoms with Crippen molar-refractivity contribution in [2.45, 2.75) is 66.3 Å². The first-order valence-corrected chi connectivity index (χ1v) is 18.2. The fourth-order valence-electron chi connectivity index (χ4n) is 6.67. The van der Waals surface area contributed by atoms with Crippen LogP contribution in [0.15, 0.2) is 72.8 Å². The van der Waals surface area contributed by atoms with Gasteiger partial charge in [0.2, 0.25) is 11.8 Å². The second kappa shape index (κ2) is 17.6. The predicted octanol–water partition coefficient (Wildman–Crippen LogP) is 7.77. The maximum Gasteiger partial charge on any atom is 0.262 e. The Labute approximate surface area is 325 Å². The third-order valence-electron chi connectivity index (χ3n) is 9.35. The standard InChI is InChI=1S/C22H22F2N2O3.C21H20F2N2O3/c1-3-4-10-25-19(28)12-16-13(2)26(17-8-9-18(27)21(24)20(16)17)22(29)14-6-5-7-15(23)11-14;1-11(2)24-18(27)10-15-12(3)25(16-7-8-17(26)20(23)19(15)16)21(28)13-5-4-6-14(22)9-13/h5-9,11,27H,3-4,10,12H2,1-2H3,(H,25,28);4-9,11,26H,10H2,1-3H3,(H,24,27). The van der Waals surface area contributed by atoms with Crippen molar-refractivity contribution in [1.82, 2.24) is 19.8 Å². The van der Waals surface area contributed by atoms with Crippen LogP contribution in [0.25, 0.3) is 21.8 Å². The molecule has 2 aromatic heterocycles. The van der Waals surface area contributed by atoms with Crippen LogP contribution in [-0.2, 0) is 22.4 Å². The normalized spacial score (nSPS) is 11.1. The van der Waals surface area contributed by atoms with Gasteiger partial charge in [-0.25, -0.2) is 17.6 Å². The summed E-state index contributed by atoms with van der Waals surface area (Å²) in [5.41, 5.74) is 1.93. The van der Waals surface area contributed by atoms with Crippen LogP contribution >= 0.6 is 0 Å². The minimum atomic E-state index is -0.904. The van der Waals surface area contributed by atoms with Crippen LogP contribution in [-0.4, -0.2) is 55.6 Å². The Morgan fingerprint density at radius 2 is 1.11 bits per heavy atom. The number of aromatic hydroxyl groups is 2. The van der Waals surface area contributed by atoms with Crippen LogP contribution < -0.4 is 10.6 Å². The molecule has 4 N–H and O–H groups in total. The third-order valence-corrected chi connectivity index (χ3v) is 9.35. The molecule has 298 valence electrons. The highest BCUT2D eigenvalue weighted by atomic mass is 19.1. The van der Waals surface area contributed by atoms with E-state index in [-0.39, 0.29) is 63.6 Å². The van der Waals surface area contributed by atoms with Gasteiger partial charge < -0.3 is 20.8 Å². The topological polar surface area (TPSA) is 143 Å². The Morgan fingerprint density at radius 3 is 1.51 bits per heavy atom. The molecule has 6 rings (SSSR count). The molecular formula is C43H42F4N4O6. The number of carbonyl (C=O) groups excluding carboxylic acids is 4. The number of aromatic nitrogens is 2. The summed E-state index contributed by atoms with van der Waals surface area (Å²) in [4.78, 5) is 50.7. The number of hydrogen-bond donors (Lipinski definition) is 4. The Balaban J connectivity index is 0.000000218. The Hall–Kier alpha value is -6.44. The van der Waals surface area contributed by atoms with Gasteiger partial charge in [-0.1, -0.05) is 25.5 Å². The first-order valence-electron chi connectivity index (χ1n) is 18.2. The molecule has 2 heterocycles. The molecule has 0 bridgehead atoms. The zero-order valence-corrected chi connectivity index (χ0v) is 32.0. The molecular weight excluding hydrogens is 744 g/mol. The molecule has 0 spiro atoms. The predicted molar refractivity (Wildman–Crippen MR) is 207 cm³/mol. The molecule has 2 amide bonds. The van der Waals surface area contributed by atoms with E-state index in [1.54, 1.807) is 27.7 Å². The number of unbranched alkanes of at least 4 members (excludes halogenated alkanes) is 1. The minimum Gasteiger partial charge on any atom is -0.505 e. The molecule has 57 heavy (non-hydrogen) atoms. The highest BCUT2D eigenvalue weighted by molar-refractivity contribution is 6.06. The van der Waals surface area contributed by atoms with Gasteiger partial charge in [0.15, 0.2) is 23.1 Å². The van der Waals surface area contributed by atoms with Crippen LogP contribution in [0, 0.1) is 37.1 Å². The van der Waals surface area contributed by atoms with Crippen molar-refractivity contribution in [3.8, 4) is 11.5 Å². The van der Waals surface area contributed by atoms with Gasteiger partial charge in [0, 0.05) is 45.9 Å². The number of nitrogens with zero attached hydrogens (tertiary/aromatic N) is 2. The number of phenols is 2. The van der Waals surface area contributed by atoms with Gasteiger partial charge in [-0.05, 0) is 106 Å². The summed E-state index contributed by atoms with van der Waals surface area (Å²) in [6.45, 7) is 9.29. The van der Waals surface area contributed by atoms with E-state index < -0.39 is 46.6 Å². The molecule has 0 aliphatic heterocycles. The van der Waals surface area contributed by atoms with Crippen molar-refractivity contribution in [1.29, 1.82) is 0 Å². The number of phenolic OH excluding ortho intramolecular Hbond substituents is 2. The van der Waals surface area contributed by atoms with Gasteiger partial charge >= 0.3 is 0 Å². The number of fused-ring (bicyclic) bond motifs is 2. The number of nitrogens with one attached hydrogen (secondary N) is 2. The van der Waals surface area contributed by atoms with Crippen LogP contribution in [0.3, 0.4) is 0 Å². The summed E-state index contributed by atoms with van der Waals surface area (Å²) in [6.07, 6.45) is 1.43. The monoisotopic (exact) mass is 786 g/mol. The lowest BCUT2D eigenvalue weighted by Crippen LogP contribution is -2.31. The number of rotatable bonds is 10. The number of halogens is 4. The summed E-state index contributed by atoms with van der Waals surface area (Å²) in [7, 11) is 0. The molecule has 0 fully saturated rings. The fraction of sp³-hybridized carbons (Fsp3) is 0.256. The number of benzene rings is 4. The molecule has 0 atom stereocenters. The highest BCUT2D eigenvalue weighted by Crippen LogP contribution is 2.35. The van der Waals surface area contributed by atoms with Crippen LogP contribution in [0.1, 0.15) is 76.8 Å². The number of carbonyl (C=O) groups is 4. The van der Waals surface area contributed by atoms with E-state index in [0.717, 1.165) is 37.1 Å². The van der Waals surface area contributed by atoms with Crippen molar-refractivity contribution in [2.24, 2.45) is 0 Å².